The average molecular weight is 296 g/mol. The second-order valence-corrected chi connectivity index (χ2v) is 5.78. The molecule has 0 radical (unpaired) electrons. The summed E-state index contributed by atoms with van der Waals surface area (Å²) in [6, 6.07) is 14.5. The summed E-state index contributed by atoms with van der Waals surface area (Å²) in [4.78, 5) is 12.0. The molecule has 0 aliphatic heterocycles. The van der Waals surface area contributed by atoms with Crippen LogP contribution in [0.3, 0.4) is 0 Å². The van der Waals surface area contributed by atoms with Crippen molar-refractivity contribution in [3.8, 4) is 0 Å². The molecule has 0 fully saturated rings. The van der Waals surface area contributed by atoms with Gasteiger partial charge >= 0.3 is 0 Å². The fourth-order valence-electron chi connectivity index (χ4n) is 2.34. The Morgan fingerprint density at radius 2 is 1.77 bits per heavy atom. The monoisotopic (exact) mass is 296 g/mol. The zero-order valence-electron chi connectivity index (χ0n) is 13.6. The molecule has 2 N–H and O–H groups in total. The Balaban J connectivity index is 1.75. The van der Waals surface area contributed by atoms with E-state index in [4.69, 9.17) is 0 Å². The second-order valence-electron chi connectivity index (χ2n) is 5.78. The molecule has 0 saturated heterocycles. The maximum atomic E-state index is 12.0. The third-order valence-electron chi connectivity index (χ3n) is 3.61. The molecule has 0 atom stereocenters. The van der Waals surface area contributed by atoms with Crippen molar-refractivity contribution in [2.45, 2.75) is 33.7 Å². The largest absolute Gasteiger partial charge is 0.326 e. The van der Waals surface area contributed by atoms with E-state index in [1.165, 1.54) is 11.1 Å². The highest BCUT2D eigenvalue weighted by molar-refractivity contribution is 5.91. The number of rotatable bonds is 6. The summed E-state index contributed by atoms with van der Waals surface area (Å²) in [5.74, 6) is 0.0467. The van der Waals surface area contributed by atoms with Crippen LogP contribution in [-0.2, 0) is 11.3 Å². The number of hydrogen-bond donors (Lipinski definition) is 2. The number of amides is 1. The lowest BCUT2D eigenvalue weighted by Crippen LogP contribution is -2.21. The summed E-state index contributed by atoms with van der Waals surface area (Å²) < 4.78 is 0. The Morgan fingerprint density at radius 1 is 1.00 bits per heavy atom. The third-order valence-corrected chi connectivity index (χ3v) is 3.61. The van der Waals surface area contributed by atoms with Crippen LogP contribution in [0, 0.1) is 20.8 Å². The van der Waals surface area contributed by atoms with Crippen LogP contribution < -0.4 is 10.6 Å². The van der Waals surface area contributed by atoms with E-state index in [1.807, 2.05) is 32.0 Å². The van der Waals surface area contributed by atoms with Gasteiger partial charge in [-0.2, -0.15) is 0 Å². The first kappa shape index (κ1) is 16.2. The minimum absolute atomic E-state index is 0.0467. The second kappa shape index (κ2) is 7.76. The van der Waals surface area contributed by atoms with Gasteiger partial charge in [-0.25, -0.2) is 0 Å². The van der Waals surface area contributed by atoms with Gasteiger partial charge in [0.2, 0.25) is 5.91 Å². The van der Waals surface area contributed by atoms with Crippen molar-refractivity contribution < 1.29 is 4.79 Å². The summed E-state index contributed by atoms with van der Waals surface area (Å²) in [5, 5.41) is 6.29. The predicted molar refractivity (Wildman–Crippen MR) is 92.0 cm³/mol. The Hall–Kier alpha value is -2.13. The van der Waals surface area contributed by atoms with Gasteiger partial charge < -0.3 is 10.6 Å². The minimum atomic E-state index is 0.0467. The molecule has 0 bridgehead atoms. The van der Waals surface area contributed by atoms with Gasteiger partial charge in [-0.05, 0) is 43.5 Å². The lowest BCUT2D eigenvalue weighted by atomic mass is 10.1. The molecule has 0 saturated carbocycles. The van der Waals surface area contributed by atoms with Gasteiger partial charge in [-0.15, -0.1) is 0 Å². The number of hydrogen-bond acceptors (Lipinski definition) is 2. The van der Waals surface area contributed by atoms with Crippen LogP contribution in [0.2, 0.25) is 0 Å². The number of carbonyl (C=O) groups is 1. The molecule has 1 amide bonds. The van der Waals surface area contributed by atoms with Crippen LogP contribution in [0.15, 0.2) is 42.5 Å². The maximum absolute atomic E-state index is 12.0. The van der Waals surface area contributed by atoms with Crippen molar-refractivity contribution in [3.05, 3.63) is 64.7 Å². The van der Waals surface area contributed by atoms with Crippen molar-refractivity contribution in [3.63, 3.8) is 0 Å². The topological polar surface area (TPSA) is 41.1 Å². The van der Waals surface area contributed by atoms with Crippen molar-refractivity contribution in [1.82, 2.24) is 5.32 Å². The van der Waals surface area contributed by atoms with Gasteiger partial charge in [-0.1, -0.05) is 42.0 Å². The molecule has 3 heteroatoms. The van der Waals surface area contributed by atoms with E-state index in [2.05, 4.69) is 41.8 Å². The number of benzene rings is 2. The van der Waals surface area contributed by atoms with Gasteiger partial charge in [0.25, 0.3) is 0 Å². The molecule has 0 heterocycles. The molecule has 22 heavy (non-hydrogen) atoms. The van der Waals surface area contributed by atoms with Crippen molar-refractivity contribution >= 4 is 11.6 Å². The Kier molecular flexibility index (Phi) is 5.73. The van der Waals surface area contributed by atoms with Crippen LogP contribution in [-0.4, -0.2) is 12.5 Å². The Labute approximate surface area is 132 Å². The first-order chi connectivity index (χ1) is 10.5. The van der Waals surface area contributed by atoms with E-state index >= 15 is 0 Å². The van der Waals surface area contributed by atoms with Gasteiger partial charge in [0, 0.05) is 25.2 Å². The van der Waals surface area contributed by atoms with Crippen LogP contribution in [0.4, 0.5) is 5.69 Å². The molecule has 3 nitrogen and oxygen atoms in total. The van der Waals surface area contributed by atoms with E-state index in [-0.39, 0.29) is 5.91 Å². The highest BCUT2D eigenvalue weighted by atomic mass is 16.1. The normalized spacial score (nSPS) is 10.5. The minimum Gasteiger partial charge on any atom is -0.326 e. The van der Waals surface area contributed by atoms with E-state index in [0.29, 0.717) is 13.0 Å². The fraction of sp³-hybridized carbons (Fsp3) is 0.316. The third kappa shape index (κ3) is 5.01. The fourth-order valence-corrected chi connectivity index (χ4v) is 2.34. The molecule has 0 unspecified atom stereocenters. The maximum Gasteiger partial charge on any atom is 0.225 e. The molecular formula is C19H24N2O. The Bertz CT molecular complexity index is 650. The highest BCUT2D eigenvalue weighted by Gasteiger charge is 2.04. The summed E-state index contributed by atoms with van der Waals surface area (Å²) in [6.45, 7) is 7.58. The molecule has 0 aliphatic carbocycles. The van der Waals surface area contributed by atoms with Gasteiger partial charge in [0.15, 0.2) is 0 Å². The predicted octanol–water partition coefficient (Wildman–Crippen LogP) is 3.73. The zero-order chi connectivity index (χ0) is 15.9. The molecule has 116 valence electrons. The Morgan fingerprint density at radius 3 is 2.55 bits per heavy atom. The summed E-state index contributed by atoms with van der Waals surface area (Å²) in [7, 11) is 0. The molecule has 2 aromatic carbocycles. The molecule has 2 aromatic rings. The van der Waals surface area contributed by atoms with Crippen LogP contribution in [0.1, 0.15) is 28.7 Å². The van der Waals surface area contributed by atoms with Crippen LogP contribution in [0.25, 0.3) is 0 Å². The van der Waals surface area contributed by atoms with Crippen molar-refractivity contribution in [2.75, 3.05) is 11.9 Å². The smallest absolute Gasteiger partial charge is 0.225 e. The lowest BCUT2D eigenvalue weighted by Gasteiger charge is -2.10. The van der Waals surface area contributed by atoms with Gasteiger partial charge in [-0.3, -0.25) is 4.79 Å². The number of anilines is 1. The molecular weight excluding hydrogens is 272 g/mol. The number of carbonyl (C=O) groups excluding carboxylic acids is 1. The zero-order valence-corrected chi connectivity index (χ0v) is 13.6. The molecule has 0 aliphatic rings. The average Bonchev–Trinajstić information content (AvgIpc) is 2.48. The first-order valence-electron chi connectivity index (χ1n) is 7.68. The van der Waals surface area contributed by atoms with E-state index in [9.17, 15) is 4.79 Å². The lowest BCUT2D eigenvalue weighted by molar-refractivity contribution is -0.116. The quantitative estimate of drug-likeness (QED) is 0.798. The SMILES string of the molecule is Cc1cccc(CNCCC(=O)Nc2cc(C)ccc2C)c1. The molecule has 2 rings (SSSR count). The highest BCUT2D eigenvalue weighted by Crippen LogP contribution is 2.16. The van der Waals surface area contributed by atoms with Gasteiger partial charge in [0.05, 0.1) is 0 Å². The summed E-state index contributed by atoms with van der Waals surface area (Å²) >= 11 is 0. The summed E-state index contributed by atoms with van der Waals surface area (Å²) in [5.41, 5.74) is 5.65. The number of nitrogens with one attached hydrogen (secondary N) is 2. The standard InChI is InChI=1S/C19H24N2O/c1-14-5-4-6-17(11-14)13-20-10-9-19(22)21-18-12-15(2)7-8-16(18)3/h4-8,11-12,20H,9-10,13H2,1-3H3,(H,21,22). The van der Waals surface area contributed by atoms with Crippen molar-refractivity contribution in [2.24, 2.45) is 0 Å². The van der Waals surface area contributed by atoms with E-state index in [0.717, 1.165) is 23.4 Å². The van der Waals surface area contributed by atoms with Crippen LogP contribution in [0.5, 0.6) is 0 Å². The van der Waals surface area contributed by atoms with Crippen molar-refractivity contribution in [1.29, 1.82) is 0 Å². The van der Waals surface area contributed by atoms with E-state index in [1.54, 1.807) is 0 Å². The summed E-state index contributed by atoms with van der Waals surface area (Å²) in [6.07, 6.45) is 0.471. The first-order valence-corrected chi connectivity index (χ1v) is 7.68. The van der Waals surface area contributed by atoms with Crippen LogP contribution >= 0.6 is 0 Å². The molecule has 0 spiro atoms. The number of aryl methyl sites for hydroxylation is 3. The van der Waals surface area contributed by atoms with Gasteiger partial charge in [0.1, 0.15) is 0 Å². The molecule has 0 aromatic heterocycles. The van der Waals surface area contributed by atoms with E-state index < -0.39 is 0 Å².